The van der Waals surface area contributed by atoms with Gasteiger partial charge in [-0.05, 0) is 6.92 Å². The number of aliphatic hydroxyl groups excluding tert-OH is 5. The Balaban J connectivity index is 1.64. The number of esters is 1. The monoisotopic (exact) mass is 420 g/mol. The first-order valence-corrected chi connectivity index (χ1v) is 9.09. The van der Waals surface area contributed by atoms with Crippen LogP contribution in [0.5, 0.6) is 0 Å². The number of fused-ring (bicyclic) bond motifs is 3. The van der Waals surface area contributed by atoms with E-state index in [1.165, 1.54) is 0 Å². The molecule has 0 bridgehead atoms. The molecule has 29 heavy (non-hydrogen) atoms. The fourth-order valence-electron chi connectivity index (χ4n) is 4.58. The molecule has 3 aliphatic heterocycles. The highest BCUT2D eigenvalue weighted by Gasteiger charge is 2.81. The molecule has 12 heteroatoms. The number of rotatable bonds is 4. The quantitative estimate of drug-likeness (QED) is 0.192. The van der Waals surface area contributed by atoms with E-state index in [1.54, 1.807) is 6.92 Å². The Hall–Kier alpha value is -1.35. The lowest BCUT2D eigenvalue weighted by Crippen LogP contribution is -2.63. The molecule has 0 unspecified atom stereocenters. The fourth-order valence-corrected chi connectivity index (χ4v) is 4.58. The maximum absolute atomic E-state index is 12.1. The molecule has 6 N–H and O–H groups in total. The van der Waals surface area contributed by atoms with Gasteiger partial charge in [0.1, 0.15) is 59.7 Å². The second kappa shape index (κ2) is 6.83. The summed E-state index contributed by atoms with van der Waals surface area (Å²) in [6, 6.07) is 0. The molecule has 0 aromatic rings. The predicted octanol–water partition coefficient (Wildman–Crippen LogP) is -3.90. The fraction of sp³-hybridized carbons (Fsp3) is 0.824. The zero-order valence-corrected chi connectivity index (χ0v) is 15.6. The van der Waals surface area contributed by atoms with Gasteiger partial charge in [0.15, 0.2) is 6.29 Å². The van der Waals surface area contributed by atoms with Crippen LogP contribution in [-0.4, -0.2) is 111 Å². The van der Waals surface area contributed by atoms with Crippen molar-refractivity contribution in [3.05, 3.63) is 11.8 Å². The summed E-state index contributed by atoms with van der Waals surface area (Å²) in [5.74, 6) is -2.03. The summed E-state index contributed by atoms with van der Waals surface area (Å²) in [6.07, 6.45) is -10.5. The van der Waals surface area contributed by atoms with Crippen LogP contribution in [0.4, 0.5) is 0 Å². The maximum atomic E-state index is 12.1. The molecule has 0 aromatic heterocycles. The van der Waals surface area contributed by atoms with E-state index in [0.29, 0.717) is 0 Å². The van der Waals surface area contributed by atoms with Crippen molar-refractivity contribution in [3.8, 4) is 0 Å². The molecule has 1 saturated carbocycles. The maximum Gasteiger partial charge on any atom is 0.339 e. The van der Waals surface area contributed by atoms with Crippen LogP contribution in [0.15, 0.2) is 11.8 Å². The molecular formula is C17H24O12. The summed E-state index contributed by atoms with van der Waals surface area (Å²) in [5, 5.41) is 61.2. The van der Waals surface area contributed by atoms with Gasteiger partial charge in [-0.15, -0.1) is 0 Å². The summed E-state index contributed by atoms with van der Waals surface area (Å²) in [4.78, 5) is 12.1. The van der Waals surface area contributed by atoms with E-state index in [4.69, 9.17) is 18.9 Å². The van der Waals surface area contributed by atoms with Gasteiger partial charge in [0, 0.05) is 0 Å². The molecule has 3 fully saturated rings. The van der Waals surface area contributed by atoms with Crippen LogP contribution in [-0.2, 0) is 28.5 Å². The normalized spacial score (nSPS) is 53.4. The van der Waals surface area contributed by atoms with Gasteiger partial charge < -0.3 is 54.3 Å². The highest BCUT2D eigenvalue weighted by molar-refractivity contribution is 5.91. The topological polar surface area (TPSA) is 188 Å². The van der Waals surface area contributed by atoms with E-state index in [2.05, 4.69) is 4.74 Å². The molecule has 0 aromatic carbocycles. The van der Waals surface area contributed by atoms with Crippen LogP contribution in [0.1, 0.15) is 6.92 Å². The van der Waals surface area contributed by atoms with Crippen molar-refractivity contribution in [1.82, 2.24) is 0 Å². The number of ether oxygens (including phenoxy) is 5. The second-order valence-electron chi connectivity index (χ2n) is 7.83. The molecule has 1 aliphatic carbocycles. The minimum atomic E-state index is -2.12. The van der Waals surface area contributed by atoms with Crippen molar-refractivity contribution < 1.29 is 59.1 Å². The largest absolute Gasteiger partial charge is 0.471 e. The third kappa shape index (κ3) is 2.76. The lowest BCUT2D eigenvalue weighted by Gasteiger charge is -2.46. The van der Waals surface area contributed by atoms with Gasteiger partial charge >= 0.3 is 5.97 Å². The Bertz CT molecular complexity index is 711. The van der Waals surface area contributed by atoms with Crippen LogP contribution < -0.4 is 0 Å². The molecule has 4 aliphatic rings. The van der Waals surface area contributed by atoms with Gasteiger partial charge in [-0.25, -0.2) is 4.79 Å². The van der Waals surface area contributed by atoms with Crippen molar-refractivity contribution in [2.24, 2.45) is 5.92 Å². The number of carbonyl (C=O) groups excluding carboxylic acids is 1. The number of hydrogen-bond acceptors (Lipinski definition) is 12. The molecule has 0 spiro atoms. The molecule has 164 valence electrons. The Kier molecular flexibility index (Phi) is 4.93. The van der Waals surface area contributed by atoms with Gasteiger partial charge in [-0.1, -0.05) is 0 Å². The van der Waals surface area contributed by atoms with Crippen molar-refractivity contribution in [2.45, 2.75) is 67.3 Å². The number of epoxide rings is 1. The van der Waals surface area contributed by atoms with Crippen LogP contribution in [0, 0.1) is 5.92 Å². The van der Waals surface area contributed by atoms with E-state index in [1.807, 2.05) is 0 Å². The van der Waals surface area contributed by atoms with Gasteiger partial charge in [0.2, 0.25) is 6.29 Å². The zero-order valence-electron chi connectivity index (χ0n) is 15.6. The van der Waals surface area contributed by atoms with Crippen molar-refractivity contribution in [1.29, 1.82) is 0 Å². The van der Waals surface area contributed by atoms with Crippen LogP contribution in [0.2, 0.25) is 0 Å². The molecule has 0 amide bonds. The highest BCUT2D eigenvalue weighted by atomic mass is 16.8. The minimum absolute atomic E-state index is 0.317. The molecule has 4 rings (SSSR count). The van der Waals surface area contributed by atoms with Crippen LogP contribution in [0.25, 0.3) is 0 Å². The lowest BCUT2D eigenvalue weighted by atomic mass is 9.77. The van der Waals surface area contributed by atoms with Gasteiger partial charge in [-0.3, -0.25) is 0 Å². The first-order valence-electron chi connectivity index (χ1n) is 9.09. The first-order chi connectivity index (χ1) is 13.6. The zero-order chi connectivity index (χ0) is 21.3. The minimum Gasteiger partial charge on any atom is -0.471 e. The second-order valence-corrected chi connectivity index (χ2v) is 7.83. The number of carbonyl (C=O) groups is 1. The molecular weight excluding hydrogens is 396 g/mol. The number of aliphatic hydroxyl groups is 6. The first kappa shape index (κ1) is 20.9. The molecule has 11 atom stereocenters. The molecule has 0 radical (unpaired) electrons. The SMILES string of the molecule is COC(=O)C1=CO[C@@H](O[C@@H]2O[C@H](CO)[C@@H](O)[C@H](O)[C@H]2O)[C@@H]2[C@@]3(C)O[C@H]3[C@@H](O)[C@]12O. The van der Waals surface area contributed by atoms with Crippen molar-refractivity contribution in [2.75, 3.05) is 13.7 Å². The molecule has 3 heterocycles. The predicted molar refractivity (Wildman–Crippen MR) is 87.5 cm³/mol. The van der Waals surface area contributed by atoms with E-state index >= 15 is 0 Å². The summed E-state index contributed by atoms with van der Waals surface area (Å²) in [6.45, 7) is 0.939. The van der Waals surface area contributed by atoms with Crippen LogP contribution >= 0.6 is 0 Å². The number of hydrogen-bond donors (Lipinski definition) is 6. The van der Waals surface area contributed by atoms with Crippen molar-refractivity contribution >= 4 is 5.97 Å². The Morgan fingerprint density at radius 3 is 2.48 bits per heavy atom. The van der Waals surface area contributed by atoms with Gasteiger partial charge in [0.05, 0.1) is 19.6 Å². The van der Waals surface area contributed by atoms with Crippen molar-refractivity contribution in [3.63, 3.8) is 0 Å². The third-order valence-corrected chi connectivity index (χ3v) is 6.26. The third-order valence-electron chi connectivity index (χ3n) is 6.26. The Labute approximate surface area is 164 Å². The summed E-state index contributed by atoms with van der Waals surface area (Å²) in [7, 11) is 1.11. The Morgan fingerprint density at radius 1 is 1.17 bits per heavy atom. The average molecular weight is 420 g/mol. The van der Waals surface area contributed by atoms with Crippen LogP contribution in [0.3, 0.4) is 0 Å². The van der Waals surface area contributed by atoms with E-state index < -0.39 is 78.9 Å². The lowest BCUT2D eigenvalue weighted by molar-refractivity contribution is -0.350. The number of methoxy groups -OCH3 is 1. The highest BCUT2D eigenvalue weighted by Crippen LogP contribution is 2.63. The summed E-state index contributed by atoms with van der Waals surface area (Å²) >= 11 is 0. The van der Waals surface area contributed by atoms with Gasteiger partial charge in [-0.2, -0.15) is 0 Å². The van der Waals surface area contributed by atoms with E-state index in [9.17, 15) is 35.4 Å². The van der Waals surface area contributed by atoms with E-state index in [0.717, 1.165) is 13.4 Å². The average Bonchev–Trinajstić information content (AvgIpc) is 3.34. The molecule has 2 saturated heterocycles. The summed E-state index contributed by atoms with van der Waals surface area (Å²) in [5.41, 5.74) is -3.55. The Morgan fingerprint density at radius 2 is 1.86 bits per heavy atom. The smallest absolute Gasteiger partial charge is 0.339 e. The summed E-state index contributed by atoms with van der Waals surface area (Å²) < 4.78 is 26.5. The van der Waals surface area contributed by atoms with E-state index in [-0.39, 0.29) is 5.57 Å². The van der Waals surface area contributed by atoms with Gasteiger partial charge in [0.25, 0.3) is 0 Å². The standard InChI is InChI=1S/C17H24O12/c1-16-10-15(28-14-9(21)8(20)7(19)6(3-18)27-14)26-4-5(13(23)25-2)17(10,24)11(22)12(16)29-16/h4,6-12,14-15,18-22,24H,3H2,1-2H3/t6-,7-,8+,9-,10-,11-,12+,14+,15+,16-,17+/m1/s1. The molecule has 12 nitrogen and oxygen atoms in total.